The number of hydrogen-bond donors (Lipinski definition) is 0. The maximum absolute atomic E-state index is 13.5. The molecule has 1 heterocycles. The Hall–Kier alpha value is -0.0100. The minimum absolute atomic E-state index is 2.68. The molecule has 0 atom stereocenters. The lowest BCUT2D eigenvalue weighted by atomic mass is 10.4. The molecule has 0 N–H and O–H groups in total. The van der Waals surface area contributed by atoms with Gasteiger partial charge in [-0.25, -0.2) is 35.1 Å². The lowest BCUT2D eigenvalue weighted by molar-refractivity contribution is -0.158. The van der Waals surface area contributed by atoms with Gasteiger partial charge >= 0.3 is 64.7 Å². The van der Waals surface area contributed by atoms with Gasteiger partial charge in [0.2, 0.25) is 0 Å². The molecule has 0 aromatic carbocycles. The molecule has 0 saturated heterocycles. The smallest absolute Gasteiger partial charge is 0.300 e. The fourth-order valence-corrected chi connectivity index (χ4v) is 12.6. The summed E-state index contributed by atoms with van der Waals surface area (Å²) in [5.41, 5.74) is 0. The highest BCUT2D eigenvalue weighted by molar-refractivity contribution is 8.13. The van der Waals surface area contributed by atoms with Crippen LogP contribution in [-0.4, -0.2) is 75.8 Å². The van der Waals surface area contributed by atoms with Gasteiger partial charge in [0, 0.05) is 0 Å². The first-order chi connectivity index (χ1) is 17.7. The van der Waals surface area contributed by atoms with Crippen LogP contribution in [0.4, 0.5) is 70.2 Å². The second-order valence-corrected chi connectivity index (χ2v) is 16.4. The van der Waals surface area contributed by atoms with Crippen LogP contribution in [0.3, 0.4) is 0 Å². The number of hydrogen-bond acceptors (Lipinski definition) is 7. The number of halogens is 18. The molecule has 240 valence electrons. The Bertz CT molecular complexity index is 936. The van der Waals surface area contributed by atoms with Crippen LogP contribution in [0.5, 0.6) is 0 Å². The topological polar surface area (TPSA) is 74.0 Å². The molecule has 0 aliphatic carbocycles. The summed E-state index contributed by atoms with van der Waals surface area (Å²) in [6.45, 7) is -10.7. The molecule has 7 nitrogen and oxygen atoms in total. The van der Waals surface area contributed by atoms with Crippen LogP contribution in [-0.2, 0) is 18.1 Å². The highest BCUT2D eigenvalue weighted by Crippen LogP contribution is 2.83. The van der Waals surface area contributed by atoms with Crippen LogP contribution >= 0.6 is 43.7 Å². The fourth-order valence-electron chi connectivity index (χ4n) is 1.68. The first kappa shape index (κ1) is 38.0. The first-order valence-electron chi connectivity index (χ1n) is 9.25. The summed E-state index contributed by atoms with van der Waals surface area (Å²) in [6, 6.07) is 0. The van der Waals surface area contributed by atoms with Gasteiger partial charge in [-0.05, 0) is 22.5 Å². The summed E-state index contributed by atoms with van der Waals surface area (Å²) < 4.78 is 234. The molecule has 0 aromatic heterocycles. The summed E-state index contributed by atoms with van der Waals surface area (Å²) in [7, 11) is -11.7. The van der Waals surface area contributed by atoms with Gasteiger partial charge in [-0.1, -0.05) is 0 Å². The molecule has 1 aliphatic rings. The molecule has 28 heteroatoms. The van der Waals surface area contributed by atoms with Gasteiger partial charge in [0.05, 0.1) is 0 Å². The zero-order valence-electron chi connectivity index (χ0n) is 18.3. The third kappa shape index (κ3) is 10.6. The lowest BCUT2D eigenvalue weighted by Crippen LogP contribution is -2.34. The Kier molecular flexibility index (Phi) is 12.7. The predicted octanol–water partition coefficient (Wildman–Crippen LogP) is 9.98. The van der Waals surface area contributed by atoms with E-state index in [2.05, 4.69) is 31.6 Å². The molecule has 0 radical (unpaired) electrons. The molecule has 1 aliphatic heterocycles. The molecule has 0 saturated carbocycles. The summed E-state index contributed by atoms with van der Waals surface area (Å²) >= 11 is 11.1. The van der Waals surface area contributed by atoms with Gasteiger partial charge in [-0.3, -0.25) is 18.1 Å². The molecule has 1 rings (SSSR count). The van der Waals surface area contributed by atoms with Gasteiger partial charge in [0.15, 0.2) is 0 Å². The zero-order valence-corrected chi connectivity index (χ0v) is 22.5. The predicted molar refractivity (Wildman–Crippen MR) is 107 cm³/mol. The molecule has 0 amide bonds. The lowest BCUT2D eigenvalue weighted by Gasteiger charge is -2.32. The van der Waals surface area contributed by atoms with E-state index in [0.717, 1.165) is 0 Å². The summed E-state index contributed by atoms with van der Waals surface area (Å²) in [4.78, 5) is 0. The highest BCUT2D eigenvalue weighted by Gasteiger charge is 2.52. The van der Waals surface area contributed by atoms with Crippen molar-refractivity contribution < 1.29 is 88.3 Å². The van der Waals surface area contributed by atoms with Gasteiger partial charge in [-0.2, -0.15) is 44.2 Å². The first-order valence-corrected chi connectivity index (χ1v) is 15.8. The van der Waals surface area contributed by atoms with Crippen molar-refractivity contribution in [3.8, 4) is 0 Å². The fraction of sp³-hybridized carbons (Fsp3) is 1.00. The van der Waals surface area contributed by atoms with Gasteiger partial charge in [0.25, 0.3) is 5.91 Å². The van der Waals surface area contributed by atoms with Crippen molar-refractivity contribution in [2.75, 3.05) is 26.4 Å². The van der Waals surface area contributed by atoms with Crippen LogP contribution in [0.1, 0.15) is 0 Å². The van der Waals surface area contributed by atoms with E-state index in [0.29, 0.717) is 0 Å². The maximum Gasteiger partial charge on any atom is 0.347 e. The average molecular weight is 730 g/mol. The van der Waals surface area contributed by atoms with E-state index in [1.165, 1.54) is 0 Å². The molecule has 0 aromatic rings. The van der Waals surface area contributed by atoms with Crippen molar-refractivity contribution in [1.29, 1.82) is 0 Å². The summed E-state index contributed by atoms with van der Waals surface area (Å²) in [6.07, 6.45) is -18.5. The van der Waals surface area contributed by atoms with Crippen LogP contribution in [0, 0.1) is 0 Å². The van der Waals surface area contributed by atoms with Gasteiger partial charge < -0.3 is 0 Å². The van der Waals surface area contributed by atoms with E-state index in [-0.39, 0.29) is 0 Å². The molecule has 0 fully saturated rings. The SMILES string of the molecule is FC(F)C(F)(F)COP1(OCC(F)(F)C(F)F)=NP(Cl)(Cl)=NP(OCC(F)(F)C(F)F)(OCC(F)(F)C(F)F)=N1. The van der Waals surface area contributed by atoms with E-state index in [9.17, 15) is 70.2 Å². The Morgan fingerprint density at radius 3 is 0.900 bits per heavy atom. The number of rotatable bonds is 16. The quantitative estimate of drug-likeness (QED) is 0.117. The monoisotopic (exact) mass is 729 g/mol. The van der Waals surface area contributed by atoms with Crippen LogP contribution in [0.2, 0.25) is 0 Å². The zero-order chi connectivity index (χ0) is 31.6. The third-order valence-electron chi connectivity index (χ3n) is 3.65. The standard InChI is InChI=1S/C12H12Cl2F16N3O4P3/c13-38(14)31-39(34-1-9(23,24)5(15)16,35-2-10(25,26)6(17)18)33-40(32-38,36-3-11(27,28)7(19)20)37-4-12(29,30)8(21)22/h5-8H,1-4H2. The van der Waals surface area contributed by atoms with Crippen molar-refractivity contribution in [2.24, 2.45) is 13.5 Å². The second kappa shape index (κ2) is 13.3. The van der Waals surface area contributed by atoms with Gasteiger partial charge in [0.1, 0.15) is 26.4 Å². The van der Waals surface area contributed by atoms with Crippen molar-refractivity contribution in [2.45, 2.75) is 49.4 Å². The van der Waals surface area contributed by atoms with E-state index in [4.69, 9.17) is 22.5 Å². The molecule has 40 heavy (non-hydrogen) atoms. The summed E-state index contributed by atoms with van der Waals surface area (Å²) in [5, 5.41) is 0. The van der Waals surface area contributed by atoms with Crippen molar-refractivity contribution >= 4 is 43.7 Å². The minimum Gasteiger partial charge on any atom is -0.300 e. The maximum atomic E-state index is 13.5. The minimum atomic E-state index is -5.87. The molecular weight excluding hydrogens is 718 g/mol. The number of nitrogens with zero attached hydrogens (tertiary/aromatic N) is 3. The van der Waals surface area contributed by atoms with Crippen molar-refractivity contribution in [1.82, 2.24) is 0 Å². The Morgan fingerprint density at radius 2 is 0.675 bits per heavy atom. The Balaban J connectivity index is 3.86. The van der Waals surface area contributed by atoms with E-state index >= 15 is 0 Å². The molecular formula is C12H12Cl2F16N3O4P3. The molecule has 0 spiro atoms. The summed E-state index contributed by atoms with van der Waals surface area (Å²) in [5.74, 6) is -26.1. The molecule has 0 bridgehead atoms. The normalized spacial score (nSPS) is 19.6. The van der Waals surface area contributed by atoms with E-state index in [1.54, 1.807) is 0 Å². The van der Waals surface area contributed by atoms with Crippen molar-refractivity contribution in [3.63, 3.8) is 0 Å². The van der Waals surface area contributed by atoms with Crippen molar-refractivity contribution in [3.05, 3.63) is 0 Å². The van der Waals surface area contributed by atoms with Crippen LogP contribution in [0.25, 0.3) is 0 Å². The van der Waals surface area contributed by atoms with Crippen LogP contribution < -0.4 is 0 Å². The van der Waals surface area contributed by atoms with Crippen LogP contribution in [0.15, 0.2) is 13.5 Å². The average Bonchev–Trinajstić information content (AvgIpc) is 2.78. The molecule has 0 unspecified atom stereocenters. The van der Waals surface area contributed by atoms with Gasteiger partial charge in [-0.15, -0.1) is 4.52 Å². The van der Waals surface area contributed by atoms with E-state index in [1.807, 2.05) is 0 Å². The Labute approximate surface area is 222 Å². The van der Waals surface area contributed by atoms with E-state index < -0.39 is 97.0 Å². The third-order valence-corrected chi connectivity index (χ3v) is 13.3. The Morgan fingerprint density at radius 1 is 0.450 bits per heavy atom. The largest absolute Gasteiger partial charge is 0.347 e. The highest BCUT2D eigenvalue weighted by atomic mass is 35.9. The second-order valence-electron chi connectivity index (χ2n) is 7.05. The number of alkyl halides is 16.